The third kappa shape index (κ3) is 6.83. The van der Waals surface area contributed by atoms with Crippen molar-refractivity contribution in [1.82, 2.24) is 0 Å². The third-order valence-electron chi connectivity index (χ3n) is 1.78. The molecule has 0 nitrogen and oxygen atoms in total. The smallest absolute Gasteiger partial charge is 0 e. The molecule has 16 radical (unpaired) electrons. The molecule has 14 heteroatoms. The first-order valence-corrected chi connectivity index (χ1v) is 4.00. The monoisotopic (exact) mass is 194 g/mol. The molecule has 0 saturated heterocycles. The summed E-state index contributed by atoms with van der Waals surface area (Å²) in [7, 11) is 39.6. The van der Waals surface area contributed by atoms with Crippen LogP contribution >= 0.6 is 0 Å². The Hall–Kier alpha value is 1.43. The van der Waals surface area contributed by atoms with E-state index in [4.69, 9.17) is 54.2 Å². The molecule has 0 aromatic carbocycles. The fourth-order valence-electron chi connectivity index (χ4n) is 0.898. The van der Waals surface area contributed by atoms with Crippen LogP contribution in [0.1, 0.15) is 0 Å². The molecule has 0 aliphatic carbocycles. The Bertz CT molecular complexity index is 119. The molecule has 0 aliphatic rings. The van der Waals surface area contributed by atoms with Crippen molar-refractivity contribution in [2.24, 2.45) is 0 Å². The molecule has 14 heavy (non-hydrogen) atoms. The van der Waals surface area contributed by atoms with E-state index in [1.54, 1.807) is 7.06 Å². The van der Waals surface area contributed by atoms with Crippen molar-refractivity contribution >= 4 is 93.1 Å². The fourth-order valence-corrected chi connectivity index (χ4v) is 0.898. The van der Waals surface area contributed by atoms with Crippen LogP contribution in [0.5, 0.6) is 0 Å². The van der Waals surface area contributed by atoms with Crippen molar-refractivity contribution in [3.8, 4) is 0 Å². The standard InChI is InChI=1S/B13.V/c1-9(2)12(7)8-13(10(3)4)11(5)6;. The summed E-state index contributed by atoms with van der Waals surface area (Å²) in [6.07, 6.45) is -2.91. The van der Waals surface area contributed by atoms with Crippen molar-refractivity contribution in [2.75, 3.05) is 0 Å². The third-order valence-corrected chi connectivity index (χ3v) is 1.78. The topological polar surface area (TPSA) is 0 Å². The Kier molecular flexibility index (Phi) is 10.9. The summed E-state index contributed by atoms with van der Waals surface area (Å²) < 4.78 is 0. The molecule has 0 aromatic rings. The van der Waals surface area contributed by atoms with Crippen molar-refractivity contribution < 1.29 is 18.6 Å². The molecule has 0 saturated carbocycles. The molecular weight excluding hydrogens is 192 g/mol. The van der Waals surface area contributed by atoms with Gasteiger partial charge in [0.25, 0.3) is 0 Å². The van der Waals surface area contributed by atoms with Gasteiger partial charge in [-0.2, -0.15) is 0 Å². The van der Waals surface area contributed by atoms with Crippen LogP contribution in [0.2, 0.25) is 0 Å². The maximum absolute atomic E-state index is 5.57. The van der Waals surface area contributed by atoms with Gasteiger partial charge in [-0.05, 0) is 0 Å². The van der Waals surface area contributed by atoms with E-state index in [9.17, 15) is 0 Å². The first kappa shape index (κ1) is 17.8. The number of hydrogen-bond donors (Lipinski definition) is 0. The van der Waals surface area contributed by atoms with Gasteiger partial charge in [0.05, 0.1) is 0 Å². The van der Waals surface area contributed by atoms with Gasteiger partial charge in [-0.3, -0.25) is 0 Å². The Morgan fingerprint density at radius 2 is 1.00 bits per heavy atom. The quantitative estimate of drug-likeness (QED) is 0.382. The summed E-state index contributed by atoms with van der Waals surface area (Å²) in [4.78, 5) is 0. The van der Waals surface area contributed by atoms with Gasteiger partial charge in [-0.1, -0.05) is 0 Å². The average molecular weight is 192 g/mol. The molecule has 0 atom stereocenters. The zero-order valence-corrected chi connectivity index (χ0v) is 9.35. The largest absolute Gasteiger partial charge is 0 e. The second-order valence-corrected chi connectivity index (χ2v) is 3.08. The van der Waals surface area contributed by atoms with E-state index in [0.29, 0.717) is 0 Å². The number of hydrogen-bond acceptors (Lipinski definition) is 0. The second-order valence-electron chi connectivity index (χ2n) is 3.08. The van der Waals surface area contributed by atoms with Crippen LogP contribution in [-0.2, 0) is 18.6 Å². The van der Waals surface area contributed by atoms with Crippen LogP contribution in [-0.4, -0.2) is 93.1 Å². The predicted molar refractivity (Wildman–Crippen MR) is 74.8 cm³/mol. The van der Waals surface area contributed by atoms with Crippen LogP contribution < -0.4 is 0 Å². The van der Waals surface area contributed by atoms with Gasteiger partial charge in [-0.25, -0.2) is 0 Å². The molecule has 0 bridgehead atoms. The Balaban J connectivity index is 0. The Morgan fingerprint density at radius 1 is 0.643 bits per heavy atom. The van der Waals surface area contributed by atoms with Gasteiger partial charge in [0.15, 0.2) is 0 Å². The van der Waals surface area contributed by atoms with E-state index >= 15 is 0 Å². The van der Waals surface area contributed by atoms with Crippen molar-refractivity contribution in [3.05, 3.63) is 0 Å². The maximum Gasteiger partial charge on any atom is 0 e. The second kappa shape index (κ2) is 8.57. The van der Waals surface area contributed by atoms with Crippen molar-refractivity contribution in [3.63, 3.8) is 0 Å². The molecule has 0 amide bonds. The van der Waals surface area contributed by atoms with Crippen LogP contribution in [0.15, 0.2) is 0 Å². The molecule has 44 valence electrons. The Labute approximate surface area is 111 Å². The maximum atomic E-state index is 5.57. The van der Waals surface area contributed by atoms with E-state index < -0.39 is 31.9 Å². The molecule has 0 heterocycles. The molecule has 0 spiro atoms. The van der Waals surface area contributed by atoms with E-state index in [2.05, 4.69) is 0 Å². The van der Waals surface area contributed by atoms with E-state index in [-0.39, 0.29) is 18.6 Å². The van der Waals surface area contributed by atoms with Crippen LogP contribution in [0.25, 0.3) is 0 Å². The summed E-state index contributed by atoms with van der Waals surface area (Å²) >= 11 is 0. The zero-order chi connectivity index (χ0) is 10.6. The van der Waals surface area contributed by atoms with Gasteiger partial charge >= 0.3 is 0 Å². The fraction of sp³-hybridized carbons (Fsp3) is 0. The number of rotatable bonds is 5. The SMILES string of the molecule is [B]B([B])B([B])[B]B(B([B])[B])B([B])[B].[V]. The first-order chi connectivity index (χ1) is 5.86. The zero-order valence-electron chi connectivity index (χ0n) is 7.95. The minimum atomic E-state index is -0.667. The minimum absolute atomic E-state index is 0. The molecule has 0 rings (SSSR count). The van der Waals surface area contributed by atoms with E-state index in [0.717, 1.165) is 0 Å². The normalized spacial score (nSPS) is 8.00. The molecule has 0 aromatic heterocycles. The molecule has 0 unspecified atom stereocenters. The van der Waals surface area contributed by atoms with Gasteiger partial charge in [0, 0.05) is 112 Å². The van der Waals surface area contributed by atoms with Crippen LogP contribution in [0.3, 0.4) is 0 Å². The summed E-state index contributed by atoms with van der Waals surface area (Å²) in [6.45, 7) is 0. The predicted octanol–water partition coefficient (Wildman–Crippen LogP) is -4.95. The van der Waals surface area contributed by atoms with Gasteiger partial charge < -0.3 is 0 Å². The van der Waals surface area contributed by atoms with Crippen LogP contribution in [0, 0.1) is 0 Å². The van der Waals surface area contributed by atoms with Gasteiger partial charge in [0.1, 0.15) is 0 Å². The summed E-state index contributed by atoms with van der Waals surface area (Å²) in [5, 5.41) is 0. The minimum Gasteiger partial charge on any atom is 0 e. The molecular formula is B13V. The summed E-state index contributed by atoms with van der Waals surface area (Å²) in [6, 6.07) is 0. The summed E-state index contributed by atoms with van der Waals surface area (Å²) in [5.74, 6) is 0. The van der Waals surface area contributed by atoms with Crippen molar-refractivity contribution in [1.29, 1.82) is 0 Å². The summed E-state index contributed by atoms with van der Waals surface area (Å²) in [5.41, 5.74) is 0. The molecule has 0 aliphatic heterocycles. The Morgan fingerprint density at radius 3 is 1.21 bits per heavy atom. The molecule has 0 N–H and O–H groups in total. The average Bonchev–Trinajstić information content (AvgIpc) is 1.97. The van der Waals surface area contributed by atoms with E-state index in [1.165, 1.54) is 0 Å². The molecule has 0 fully saturated rings. The van der Waals surface area contributed by atoms with Crippen LogP contribution in [0.4, 0.5) is 0 Å². The van der Waals surface area contributed by atoms with E-state index in [1.807, 2.05) is 0 Å². The van der Waals surface area contributed by atoms with Crippen molar-refractivity contribution in [2.45, 2.75) is 0 Å². The first-order valence-electron chi connectivity index (χ1n) is 4.00. The van der Waals surface area contributed by atoms with Gasteiger partial charge in [0.2, 0.25) is 0 Å². The van der Waals surface area contributed by atoms with Gasteiger partial charge in [-0.15, -0.1) is 0 Å².